The van der Waals surface area contributed by atoms with Gasteiger partial charge in [0.25, 0.3) is 5.91 Å². The van der Waals surface area contributed by atoms with Gasteiger partial charge < -0.3 is 39.3 Å². The fourth-order valence-corrected chi connectivity index (χ4v) is 6.80. The molecule has 0 saturated heterocycles. The molecule has 3 aromatic rings. The highest BCUT2D eigenvalue weighted by Crippen LogP contribution is 2.49. The van der Waals surface area contributed by atoms with Crippen LogP contribution in [0.5, 0.6) is 17.2 Å². The number of nitrogens with one attached hydrogen (secondary N) is 2. The average Bonchev–Trinajstić information content (AvgIpc) is 3.61. The third kappa shape index (κ3) is 7.04. The summed E-state index contributed by atoms with van der Waals surface area (Å²) < 4.78 is 26.3. The number of nitrogens with zero attached hydrogens (tertiary/aromatic N) is 3. The van der Waals surface area contributed by atoms with Crippen LogP contribution in [0.2, 0.25) is 25.7 Å². The lowest BCUT2D eigenvalue weighted by Crippen LogP contribution is -2.43. The van der Waals surface area contributed by atoms with E-state index in [1.165, 1.54) is 6.33 Å². The lowest BCUT2D eigenvalue weighted by molar-refractivity contribution is 0.0877. The summed E-state index contributed by atoms with van der Waals surface area (Å²) in [5, 5.41) is 14.8. The molecule has 1 aliphatic heterocycles. The van der Waals surface area contributed by atoms with Crippen molar-refractivity contribution in [2.24, 2.45) is 5.92 Å². The molecule has 0 unspecified atom stereocenters. The second kappa shape index (κ2) is 12.9. The zero-order chi connectivity index (χ0) is 31.7. The Morgan fingerprint density at radius 2 is 1.78 bits per heavy atom. The van der Waals surface area contributed by atoms with Gasteiger partial charge >= 0.3 is 6.09 Å². The first-order valence-corrected chi connectivity index (χ1v) is 19.6. The minimum atomic E-state index is -1.32. The molecule has 0 spiro atoms. The Morgan fingerprint density at radius 3 is 2.47 bits per heavy atom. The van der Waals surface area contributed by atoms with Crippen LogP contribution in [0.15, 0.2) is 18.5 Å². The summed E-state index contributed by atoms with van der Waals surface area (Å²) in [6, 6.07) is 4.60. The molecule has 13 heteroatoms. The third-order valence-electron chi connectivity index (χ3n) is 8.84. The molecule has 0 atom stereocenters. The van der Waals surface area contributed by atoms with Crippen LogP contribution in [0.3, 0.4) is 0 Å². The number of hydrogen-bond donors (Lipinski definition) is 3. The first kappa shape index (κ1) is 31.2. The molecule has 242 valence electrons. The number of fused-ring (bicyclic) bond motifs is 2. The maximum absolute atomic E-state index is 14.0. The van der Waals surface area contributed by atoms with Crippen LogP contribution in [-0.2, 0) is 11.5 Å². The molecule has 3 N–H and O–H groups in total. The standard InChI is InChI=1S/C32H43N5O7Si/c1-19-25(31(38)35-21-7-9-22(10-8-21)36-32(39)40)27-29(37(19)17-41-13-14-45(2,3)4)28(34-16-33-27)26-23(42-15-20-5-6-20)11-12-24-30(26)44-18-43-24/h11-12,16,20-22,36H,5-10,13-15,17-18H2,1-4H3,(H,35,38)(H,39,40)/t21-,22-. The number of benzene rings is 1. The topological polar surface area (TPSA) is 146 Å². The molecule has 1 aromatic carbocycles. The number of hydrogen-bond acceptors (Lipinski definition) is 8. The van der Waals surface area contributed by atoms with E-state index in [1.807, 2.05) is 23.6 Å². The number of rotatable bonds is 12. The Hall–Kier alpha value is -3.84. The number of carbonyl (C=O) groups excluding carboxylic acids is 1. The largest absolute Gasteiger partial charge is 0.492 e. The normalized spacial score (nSPS) is 19.5. The van der Waals surface area contributed by atoms with E-state index in [0.29, 0.717) is 89.9 Å². The van der Waals surface area contributed by atoms with Crippen molar-refractivity contribution in [3.8, 4) is 28.5 Å². The van der Waals surface area contributed by atoms with Crippen LogP contribution >= 0.6 is 0 Å². The molecule has 6 rings (SSSR count). The Balaban J connectivity index is 1.38. The van der Waals surface area contributed by atoms with E-state index < -0.39 is 14.2 Å². The van der Waals surface area contributed by atoms with Crippen LogP contribution in [0.1, 0.15) is 54.6 Å². The number of carbonyl (C=O) groups is 2. The maximum Gasteiger partial charge on any atom is 0.404 e. The fraction of sp³-hybridized carbons (Fsp3) is 0.562. The molecule has 2 saturated carbocycles. The zero-order valence-electron chi connectivity index (χ0n) is 26.5. The van der Waals surface area contributed by atoms with Gasteiger partial charge in [-0.2, -0.15) is 0 Å². The van der Waals surface area contributed by atoms with Crippen molar-refractivity contribution in [3.05, 3.63) is 29.7 Å². The summed E-state index contributed by atoms with van der Waals surface area (Å²) in [6.07, 6.45) is 5.48. The maximum atomic E-state index is 14.0. The smallest absolute Gasteiger partial charge is 0.404 e. The molecule has 2 amide bonds. The molecule has 3 aliphatic rings. The Kier molecular flexibility index (Phi) is 8.91. The lowest BCUT2D eigenvalue weighted by atomic mass is 9.91. The number of ether oxygens (including phenoxy) is 4. The van der Waals surface area contributed by atoms with Crippen molar-refractivity contribution < 1.29 is 33.6 Å². The monoisotopic (exact) mass is 637 g/mol. The molecule has 0 bridgehead atoms. The molecular formula is C32H43N5O7Si. The van der Waals surface area contributed by atoms with Gasteiger partial charge in [-0.1, -0.05) is 19.6 Å². The molecule has 0 radical (unpaired) electrons. The first-order chi connectivity index (χ1) is 21.6. The van der Waals surface area contributed by atoms with Crippen LogP contribution < -0.4 is 24.8 Å². The van der Waals surface area contributed by atoms with E-state index in [1.54, 1.807) is 0 Å². The van der Waals surface area contributed by atoms with Crippen molar-refractivity contribution in [1.82, 2.24) is 25.2 Å². The predicted octanol–water partition coefficient (Wildman–Crippen LogP) is 5.55. The SMILES string of the molecule is Cc1c(C(=O)N[C@H]2CC[C@H](NC(=O)O)CC2)c2ncnc(-c3c(OCC4CC4)ccc4c3OCO4)c2n1COCC[Si](C)(C)C. The molecule has 45 heavy (non-hydrogen) atoms. The van der Waals surface area contributed by atoms with Gasteiger partial charge in [0, 0.05) is 32.5 Å². The van der Waals surface area contributed by atoms with Gasteiger partial charge in [0.05, 0.1) is 23.3 Å². The van der Waals surface area contributed by atoms with Gasteiger partial charge in [0.2, 0.25) is 6.79 Å². The van der Waals surface area contributed by atoms with Crippen molar-refractivity contribution in [1.29, 1.82) is 0 Å². The number of aromatic nitrogens is 3. The van der Waals surface area contributed by atoms with Crippen LogP contribution in [-0.4, -0.2) is 71.8 Å². The number of amides is 2. The summed E-state index contributed by atoms with van der Waals surface area (Å²) in [7, 11) is -1.32. The van der Waals surface area contributed by atoms with Crippen molar-refractivity contribution in [2.45, 2.75) is 89.9 Å². The minimum absolute atomic E-state index is 0.0678. The second-order valence-corrected chi connectivity index (χ2v) is 19.2. The summed E-state index contributed by atoms with van der Waals surface area (Å²) in [5.41, 5.74) is 3.65. The fourth-order valence-electron chi connectivity index (χ4n) is 6.05. The van der Waals surface area contributed by atoms with Gasteiger partial charge in [-0.05, 0) is 69.5 Å². The Labute approximate surface area is 263 Å². The van der Waals surface area contributed by atoms with Crippen LogP contribution in [0.25, 0.3) is 22.3 Å². The van der Waals surface area contributed by atoms with Crippen LogP contribution in [0, 0.1) is 12.8 Å². The molecular weight excluding hydrogens is 594 g/mol. The molecule has 2 fully saturated rings. The molecule has 2 aromatic heterocycles. The van der Waals surface area contributed by atoms with Crippen molar-refractivity contribution in [2.75, 3.05) is 20.0 Å². The Morgan fingerprint density at radius 1 is 1.04 bits per heavy atom. The minimum Gasteiger partial charge on any atom is -0.492 e. The molecule has 12 nitrogen and oxygen atoms in total. The van der Waals surface area contributed by atoms with Gasteiger partial charge in [-0.15, -0.1) is 0 Å². The van der Waals surface area contributed by atoms with Crippen LogP contribution in [0.4, 0.5) is 4.79 Å². The quantitative estimate of drug-likeness (QED) is 0.172. The highest BCUT2D eigenvalue weighted by Gasteiger charge is 2.32. The highest BCUT2D eigenvalue weighted by atomic mass is 28.3. The van der Waals surface area contributed by atoms with Gasteiger partial charge in [-0.3, -0.25) is 4.79 Å². The predicted molar refractivity (Wildman–Crippen MR) is 171 cm³/mol. The summed E-state index contributed by atoms with van der Waals surface area (Å²) in [6.45, 7) is 10.4. The average molecular weight is 638 g/mol. The van der Waals surface area contributed by atoms with E-state index in [4.69, 9.17) is 29.0 Å². The van der Waals surface area contributed by atoms with E-state index in [2.05, 4.69) is 35.3 Å². The molecule has 2 aliphatic carbocycles. The lowest BCUT2D eigenvalue weighted by Gasteiger charge is -2.28. The summed E-state index contributed by atoms with van der Waals surface area (Å²) in [5.74, 6) is 2.15. The van der Waals surface area contributed by atoms with Crippen molar-refractivity contribution >= 4 is 31.1 Å². The summed E-state index contributed by atoms with van der Waals surface area (Å²) >= 11 is 0. The third-order valence-corrected chi connectivity index (χ3v) is 10.5. The first-order valence-electron chi connectivity index (χ1n) is 15.9. The van der Waals surface area contributed by atoms with E-state index >= 15 is 0 Å². The van der Waals surface area contributed by atoms with E-state index in [9.17, 15) is 9.59 Å². The highest BCUT2D eigenvalue weighted by molar-refractivity contribution is 6.76. The van der Waals surface area contributed by atoms with Crippen molar-refractivity contribution in [3.63, 3.8) is 0 Å². The summed E-state index contributed by atoms with van der Waals surface area (Å²) in [4.78, 5) is 34.5. The van der Waals surface area contributed by atoms with Gasteiger partial charge in [-0.25, -0.2) is 14.8 Å². The Bertz CT molecular complexity index is 1570. The molecule has 3 heterocycles. The second-order valence-electron chi connectivity index (χ2n) is 13.6. The number of carboxylic acid groups (broad SMARTS) is 1. The van der Waals surface area contributed by atoms with Gasteiger partial charge in [0.1, 0.15) is 30.0 Å². The van der Waals surface area contributed by atoms with E-state index in [0.717, 1.165) is 24.6 Å². The van der Waals surface area contributed by atoms with Gasteiger partial charge in [0.15, 0.2) is 11.5 Å². The zero-order valence-corrected chi connectivity index (χ0v) is 27.5. The van der Waals surface area contributed by atoms with E-state index in [-0.39, 0.29) is 31.5 Å².